The molecule has 1 fully saturated rings. The first-order chi connectivity index (χ1) is 10.3. The predicted octanol–water partition coefficient (Wildman–Crippen LogP) is 3.47. The highest BCUT2D eigenvalue weighted by molar-refractivity contribution is 5.38. The van der Waals surface area contributed by atoms with E-state index in [1.165, 1.54) is 24.0 Å². The first-order valence-corrected chi connectivity index (χ1v) is 7.75. The molecule has 1 aliphatic heterocycles. The minimum atomic E-state index is 0.548. The molecule has 0 saturated carbocycles. The number of piperidine rings is 1. The molecule has 1 aliphatic rings. The SMILES string of the molecule is Cc1ccnc(NC2CCN(Cc3ccccc3)CC2)c1. The lowest BCUT2D eigenvalue weighted by atomic mass is 10.0. The topological polar surface area (TPSA) is 28.2 Å². The van der Waals surface area contributed by atoms with Crippen LogP contribution in [0.3, 0.4) is 0 Å². The number of anilines is 1. The average Bonchev–Trinajstić information content (AvgIpc) is 2.50. The maximum absolute atomic E-state index is 4.40. The fourth-order valence-electron chi connectivity index (χ4n) is 2.90. The van der Waals surface area contributed by atoms with Crippen molar-refractivity contribution in [2.24, 2.45) is 0 Å². The first kappa shape index (κ1) is 14.1. The van der Waals surface area contributed by atoms with Crippen molar-refractivity contribution in [2.45, 2.75) is 32.4 Å². The van der Waals surface area contributed by atoms with Crippen molar-refractivity contribution in [3.8, 4) is 0 Å². The number of nitrogens with zero attached hydrogens (tertiary/aromatic N) is 2. The summed E-state index contributed by atoms with van der Waals surface area (Å²) in [5, 5.41) is 3.57. The molecule has 0 aliphatic carbocycles. The Morgan fingerprint density at radius 1 is 1.14 bits per heavy atom. The molecule has 0 bridgehead atoms. The molecule has 3 heteroatoms. The highest BCUT2D eigenvalue weighted by Gasteiger charge is 2.19. The second kappa shape index (κ2) is 6.72. The Morgan fingerprint density at radius 3 is 2.62 bits per heavy atom. The lowest BCUT2D eigenvalue weighted by Crippen LogP contribution is -2.38. The van der Waals surface area contributed by atoms with E-state index in [0.717, 1.165) is 25.5 Å². The van der Waals surface area contributed by atoms with Gasteiger partial charge in [-0.3, -0.25) is 4.90 Å². The van der Waals surface area contributed by atoms with Crippen LogP contribution in [0.1, 0.15) is 24.0 Å². The Morgan fingerprint density at radius 2 is 1.90 bits per heavy atom. The third kappa shape index (κ3) is 4.05. The smallest absolute Gasteiger partial charge is 0.126 e. The molecule has 1 aromatic heterocycles. The third-order valence-corrected chi connectivity index (χ3v) is 4.10. The van der Waals surface area contributed by atoms with E-state index in [2.05, 4.69) is 58.5 Å². The van der Waals surface area contributed by atoms with Gasteiger partial charge in [-0.1, -0.05) is 30.3 Å². The summed E-state index contributed by atoms with van der Waals surface area (Å²) in [4.78, 5) is 6.93. The summed E-state index contributed by atoms with van der Waals surface area (Å²) in [7, 11) is 0. The van der Waals surface area contributed by atoms with E-state index < -0.39 is 0 Å². The van der Waals surface area contributed by atoms with Gasteiger partial charge in [0.1, 0.15) is 5.82 Å². The lowest BCUT2D eigenvalue weighted by Gasteiger charge is -2.32. The van der Waals surface area contributed by atoms with E-state index >= 15 is 0 Å². The molecular weight excluding hydrogens is 258 g/mol. The average molecular weight is 281 g/mol. The molecular formula is C18H23N3. The quantitative estimate of drug-likeness (QED) is 0.930. The van der Waals surface area contributed by atoms with Gasteiger partial charge in [-0.2, -0.15) is 0 Å². The van der Waals surface area contributed by atoms with Gasteiger partial charge >= 0.3 is 0 Å². The minimum absolute atomic E-state index is 0.548. The standard InChI is InChI=1S/C18H23N3/c1-15-7-10-19-18(13-15)20-17-8-11-21(12-9-17)14-16-5-3-2-4-6-16/h2-7,10,13,17H,8-9,11-12,14H2,1H3,(H,19,20). The molecule has 2 heterocycles. The van der Waals surface area contributed by atoms with E-state index in [1.807, 2.05) is 12.3 Å². The number of hydrogen-bond acceptors (Lipinski definition) is 3. The van der Waals surface area contributed by atoms with Gasteiger partial charge in [0.25, 0.3) is 0 Å². The highest BCUT2D eigenvalue weighted by Crippen LogP contribution is 2.17. The van der Waals surface area contributed by atoms with Gasteiger partial charge < -0.3 is 5.32 Å². The largest absolute Gasteiger partial charge is 0.367 e. The van der Waals surface area contributed by atoms with Crippen LogP contribution in [0.15, 0.2) is 48.7 Å². The molecule has 0 amide bonds. The molecule has 21 heavy (non-hydrogen) atoms. The summed E-state index contributed by atoms with van der Waals surface area (Å²) < 4.78 is 0. The van der Waals surface area contributed by atoms with Crippen LogP contribution in [-0.2, 0) is 6.54 Å². The maximum atomic E-state index is 4.40. The fourth-order valence-corrected chi connectivity index (χ4v) is 2.90. The van der Waals surface area contributed by atoms with Crippen LogP contribution in [0.25, 0.3) is 0 Å². The third-order valence-electron chi connectivity index (χ3n) is 4.10. The Hall–Kier alpha value is -1.87. The number of hydrogen-bond donors (Lipinski definition) is 1. The van der Waals surface area contributed by atoms with Gasteiger partial charge in [-0.05, 0) is 43.0 Å². The number of aryl methyl sites for hydroxylation is 1. The van der Waals surface area contributed by atoms with Gasteiger partial charge in [0.2, 0.25) is 0 Å². The van der Waals surface area contributed by atoms with E-state index in [-0.39, 0.29) is 0 Å². The van der Waals surface area contributed by atoms with Crippen molar-refractivity contribution in [2.75, 3.05) is 18.4 Å². The molecule has 110 valence electrons. The second-order valence-corrected chi connectivity index (χ2v) is 5.90. The van der Waals surface area contributed by atoms with E-state index in [1.54, 1.807) is 0 Å². The van der Waals surface area contributed by atoms with Crippen molar-refractivity contribution in [3.63, 3.8) is 0 Å². The number of aromatic nitrogens is 1. The summed E-state index contributed by atoms with van der Waals surface area (Å²) in [5.41, 5.74) is 2.67. The van der Waals surface area contributed by atoms with Gasteiger partial charge in [-0.15, -0.1) is 0 Å². The summed E-state index contributed by atoms with van der Waals surface area (Å²) in [6, 6.07) is 15.4. The fraction of sp³-hybridized carbons (Fsp3) is 0.389. The molecule has 1 N–H and O–H groups in total. The van der Waals surface area contributed by atoms with Crippen LogP contribution >= 0.6 is 0 Å². The van der Waals surface area contributed by atoms with E-state index in [4.69, 9.17) is 0 Å². The maximum Gasteiger partial charge on any atom is 0.126 e. The zero-order chi connectivity index (χ0) is 14.5. The second-order valence-electron chi connectivity index (χ2n) is 5.90. The molecule has 0 atom stereocenters. The summed E-state index contributed by atoms with van der Waals surface area (Å²) in [5.74, 6) is 1.01. The van der Waals surface area contributed by atoms with Gasteiger partial charge in [0.15, 0.2) is 0 Å². The Kier molecular flexibility index (Phi) is 4.51. The van der Waals surface area contributed by atoms with Crippen LogP contribution in [0.4, 0.5) is 5.82 Å². The van der Waals surface area contributed by atoms with Crippen LogP contribution in [-0.4, -0.2) is 29.0 Å². The van der Waals surface area contributed by atoms with Crippen LogP contribution in [0, 0.1) is 6.92 Å². The highest BCUT2D eigenvalue weighted by atomic mass is 15.1. The molecule has 0 unspecified atom stereocenters. The molecule has 0 radical (unpaired) electrons. The zero-order valence-electron chi connectivity index (χ0n) is 12.6. The normalized spacial score (nSPS) is 16.8. The summed E-state index contributed by atoms with van der Waals surface area (Å²) >= 11 is 0. The van der Waals surface area contributed by atoms with E-state index in [9.17, 15) is 0 Å². The monoisotopic (exact) mass is 281 g/mol. The number of benzene rings is 1. The molecule has 1 saturated heterocycles. The van der Waals surface area contributed by atoms with E-state index in [0.29, 0.717) is 6.04 Å². The lowest BCUT2D eigenvalue weighted by molar-refractivity contribution is 0.211. The van der Waals surface area contributed by atoms with Gasteiger partial charge in [0.05, 0.1) is 0 Å². The molecule has 3 rings (SSSR count). The van der Waals surface area contributed by atoms with Crippen LogP contribution in [0.5, 0.6) is 0 Å². The number of pyridine rings is 1. The van der Waals surface area contributed by atoms with Crippen LogP contribution in [0.2, 0.25) is 0 Å². The first-order valence-electron chi connectivity index (χ1n) is 7.75. The van der Waals surface area contributed by atoms with Crippen LogP contribution < -0.4 is 5.32 Å². The van der Waals surface area contributed by atoms with Gasteiger partial charge in [0, 0.05) is 31.9 Å². The molecule has 0 spiro atoms. The number of nitrogens with one attached hydrogen (secondary N) is 1. The number of likely N-dealkylation sites (tertiary alicyclic amines) is 1. The van der Waals surface area contributed by atoms with Gasteiger partial charge in [-0.25, -0.2) is 4.98 Å². The Labute approximate surface area is 127 Å². The zero-order valence-corrected chi connectivity index (χ0v) is 12.6. The molecule has 2 aromatic rings. The minimum Gasteiger partial charge on any atom is -0.367 e. The van der Waals surface area contributed by atoms with Crippen molar-refractivity contribution in [3.05, 3.63) is 59.8 Å². The Balaban J connectivity index is 1.49. The predicted molar refractivity (Wildman–Crippen MR) is 87.3 cm³/mol. The van der Waals surface area contributed by atoms with Crippen molar-refractivity contribution in [1.82, 2.24) is 9.88 Å². The number of rotatable bonds is 4. The molecule has 1 aromatic carbocycles. The summed E-state index contributed by atoms with van der Waals surface area (Å²) in [6.07, 6.45) is 4.24. The Bertz CT molecular complexity index is 560. The van der Waals surface area contributed by atoms with Crippen molar-refractivity contribution in [1.29, 1.82) is 0 Å². The molecule has 3 nitrogen and oxygen atoms in total. The van der Waals surface area contributed by atoms with Crippen molar-refractivity contribution < 1.29 is 0 Å². The van der Waals surface area contributed by atoms with Crippen molar-refractivity contribution >= 4 is 5.82 Å². The summed E-state index contributed by atoms with van der Waals surface area (Å²) in [6.45, 7) is 5.47.